The largest absolute Gasteiger partial charge is 0.456 e. The molecule has 0 bridgehead atoms. The summed E-state index contributed by atoms with van der Waals surface area (Å²) in [5.74, 6) is 0. The van der Waals surface area contributed by atoms with Crippen molar-refractivity contribution < 1.29 is 4.42 Å². The second kappa shape index (κ2) is 11.4. The third-order valence-corrected chi connectivity index (χ3v) is 9.46. The van der Waals surface area contributed by atoms with Crippen molar-refractivity contribution in [3.63, 3.8) is 0 Å². The van der Waals surface area contributed by atoms with Gasteiger partial charge in [0.2, 0.25) is 0 Å². The average molecular weight is 637 g/mol. The molecule has 2 aromatic heterocycles. The lowest BCUT2D eigenvalue weighted by Gasteiger charge is -2.15. The van der Waals surface area contributed by atoms with Gasteiger partial charge in [-0.1, -0.05) is 60.7 Å². The molecular formula is C45H24N4O. The lowest BCUT2D eigenvalue weighted by Crippen LogP contribution is -1.96. The maximum atomic E-state index is 9.84. The zero-order valence-electron chi connectivity index (χ0n) is 26.6. The van der Waals surface area contributed by atoms with Crippen LogP contribution in [0.15, 0.2) is 150 Å². The van der Waals surface area contributed by atoms with E-state index in [4.69, 9.17) is 4.42 Å². The third-order valence-electron chi connectivity index (χ3n) is 9.46. The van der Waals surface area contributed by atoms with Crippen molar-refractivity contribution in [2.45, 2.75) is 0 Å². The number of hydrogen-bond acceptors (Lipinski definition) is 4. The molecule has 0 spiro atoms. The van der Waals surface area contributed by atoms with Gasteiger partial charge in [0, 0.05) is 27.2 Å². The molecule has 2 heterocycles. The van der Waals surface area contributed by atoms with Gasteiger partial charge in [0.05, 0.1) is 45.9 Å². The summed E-state index contributed by atoms with van der Waals surface area (Å²) in [6, 6.07) is 55.2. The molecule has 0 radical (unpaired) electrons. The van der Waals surface area contributed by atoms with Crippen LogP contribution in [0.1, 0.15) is 16.7 Å². The number of fused-ring (bicyclic) bond motifs is 6. The second-order valence-corrected chi connectivity index (χ2v) is 12.3. The average Bonchev–Trinajstić information content (AvgIpc) is 3.72. The fourth-order valence-electron chi connectivity index (χ4n) is 7.12. The van der Waals surface area contributed by atoms with Gasteiger partial charge < -0.3 is 8.98 Å². The number of rotatable bonds is 4. The molecule has 0 saturated carbocycles. The van der Waals surface area contributed by atoms with E-state index in [9.17, 15) is 15.8 Å². The molecule has 0 N–H and O–H groups in total. The highest BCUT2D eigenvalue weighted by molar-refractivity contribution is 6.10. The molecular weight excluding hydrogens is 613 g/mol. The molecule has 0 aliphatic carbocycles. The molecule has 9 aromatic rings. The summed E-state index contributed by atoms with van der Waals surface area (Å²) in [7, 11) is 0. The van der Waals surface area contributed by atoms with Crippen LogP contribution in [0.25, 0.3) is 82.8 Å². The Balaban J connectivity index is 1.32. The van der Waals surface area contributed by atoms with E-state index in [1.54, 1.807) is 0 Å². The van der Waals surface area contributed by atoms with Gasteiger partial charge in [0.15, 0.2) is 0 Å². The Labute approximate surface area is 287 Å². The number of nitrogens with zero attached hydrogens (tertiary/aromatic N) is 4. The monoisotopic (exact) mass is 636 g/mol. The zero-order chi connectivity index (χ0) is 33.8. The predicted molar refractivity (Wildman–Crippen MR) is 199 cm³/mol. The lowest BCUT2D eigenvalue weighted by molar-refractivity contribution is 0.669. The first-order chi connectivity index (χ1) is 24.6. The Morgan fingerprint density at radius 3 is 1.76 bits per heavy atom. The number of benzene rings is 7. The highest BCUT2D eigenvalue weighted by atomic mass is 16.3. The topological polar surface area (TPSA) is 89.4 Å². The van der Waals surface area contributed by atoms with Gasteiger partial charge in [-0.25, -0.2) is 0 Å². The molecule has 0 unspecified atom stereocenters. The highest BCUT2D eigenvalue weighted by Crippen LogP contribution is 2.39. The van der Waals surface area contributed by atoms with Crippen molar-refractivity contribution >= 4 is 43.7 Å². The molecule has 50 heavy (non-hydrogen) atoms. The van der Waals surface area contributed by atoms with Crippen LogP contribution in [0.2, 0.25) is 0 Å². The van der Waals surface area contributed by atoms with E-state index in [0.717, 1.165) is 82.8 Å². The molecule has 0 atom stereocenters. The quantitative estimate of drug-likeness (QED) is 0.192. The van der Waals surface area contributed by atoms with E-state index in [2.05, 4.69) is 71.3 Å². The number of para-hydroxylation sites is 1. The minimum Gasteiger partial charge on any atom is -0.456 e. The normalized spacial score (nSPS) is 11.1. The van der Waals surface area contributed by atoms with Crippen LogP contribution in [0.4, 0.5) is 0 Å². The van der Waals surface area contributed by atoms with Crippen LogP contribution >= 0.6 is 0 Å². The fraction of sp³-hybridized carbons (Fsp3) is 0. The number of furan rings is 1. The Morgan fingerprint density at radius 2 is 1.04 bits per heavy atom. The second-order valence-electron chi connectivity index (χ2n) is 12.3. The van der Waals surface area contributed by atoms with Crippen LogP contribution in [0, 0.1) is 34.0 Å². The van der Waals surface area contributed by atoms with Gasteiger partial charge in [-0.15, -0.1) is 0 Å². The Kier molecular flexibility index (Phi) is 6.56. The minimum absolute atomic E-state index is 0.559. The van der Waals surface area contributed by atoms with Gasteiger partial charge in [0.1, 0.15) is 11.2 Å². The van der Waals surface area contributed by atoms with Crippen molar-refractivity contribution in [3.8, 4) is 57.3 Å². The van der Waals surface area contributed by atoms with E-state index in [1.165, 1.54) is 0 Å². The molecule has 230 valence electrons. The van der Waals surface area contributed by atoms with E-state index >= 15 is 0 Å². The van der Waals surface area contributed by atoms with Gasteiger partial charge in [-0.05, 0) is 118 Å². The molecule has 0 saturated heterocycles. The SMILES string of the molecule is N#Cc1ccc2c(c1)c1cc(C#N)ccc1n2-c1cc(-c2cccc(-c3ccccc3C#N)c2)cc(-c2ccc3oc4ccccc4c3c2)c1. The van der Waals surface area contributed by atoms with Crippen LogP contribution in [0.3, 0.4) is 0 Å². The summed E-state index contributed by atoms with van der Waals surface area (Å²) in [6.07, 6.45) is 0. The van der Waals surface area contributed by atoms with E-state index < -0.39 is 0 Å². The molecule has 0 amide bonds. The van der Waals surface area contributed by atoms with Crippen LogP contribution in [-0.4, -0.2) is 4.57 Å². The molecule has 0 fully saturated rings. The van der Waals surface area contributed by atoms with Crippen molar-refractivity contribution in [1.29, 1.82) is 15.8 Å². The molecule has 5 nitrogen and oxygen atoms in total. The Hall–Kier alpha value is -7.39. The van der Waals surface area contributed by atoms with Crippen molar-refractivity contribution in [2.24, 2.45) is 0 Å². The Morgan fingerprint density at radius 1 is 0.420 bits per heavy atom. The van der Waals surface area contributed by atoms with E-state index in [1.807, 2.05) is 97.1 Å². The molecule has 0 aliphatic rings. The van der Waals surface area contributed by atoms with Gasteiger partial charge in [0.25, 0.3) is 0 Å². The summed E-state index contributed by atoms with van der Waals surface area (Å²) >= 11 is 0. The van der Waals surface area contributed by atoms with Crippen LogP contribution in [-0.2, 0) is 0 Å². The van der Waals surface area contributed by atoms with Gasteiger partial charge in [-0.3, -0.25) is 0 Å². The number of nitriles is 3. The fourth-order valence-corrected chi connectivity index (χ4v) is 7.12. The number of hydrogen-bond donors (Lipinski definition) is 0. The molecule has 9 rings (SSSR count). The van der Waals surface area contributed by atoms with Crippen molar-refractivity contribution in [3.05, 3.63) is 162 Å². The molecule has 7 aromatic carbocycles. The van der Waals surface area contributed by atoms with Crippen LogP contribution in [0.5, 0.6) is 0 Å². The first-order valence-corrected chi connectivity index (χ1v) is 16.2. The van der Waals surface area contributed by atoms with E-state index in [-0.39, 0.29) is 0 Å². The molecule has 5 heteroatoms. The zero-order valence-corrected chi connectivity index (χ0v) is 26.6. The van der Waals surface area contributed by atoms with Gasteiger partial charge in [-0.2, -0.15) is 15.8 Å². The summed E-state index contributed by atoms with van der Waals surface area (Å²) in [5.41, 5.74) is 12.1. The summed E-state index contributed by atoms with van der Waals surface area (Å²) < 4.78 is 8.36. The van der Waals surface area contributed by atoms with Crippen molar-refractivity contribution in [1.82, 2.24) is 4.57 Å². The highest BCUT2D eigenvalue weighted by Gasteiger charge is 2.17. The van der Waals surface area contributed by atoms with Crippen molar-refractivity contribution in [2.75, 3.05) is 0 Å². The first-order valence-electron chi connectivity index (χ1n) is 16.2. The maximum Gasteiger partial charge on any atom is 0.135 e. The third kappa shape index (κ3) is 4.61. The summed E-state index contributed by atoms with van der Waals surface area (Å²) in [5, 5.41) is 33.3. The standard InChI is InChI=1S/C45H24N4O/c46-25-28-12-15-42-39(18-28)40-19-29(26-47)13-16-43(40)49(42)36-22-34(30-7-5-8-32(20-30)37-9-2-1-6-33(37)27-48)21-35(23-36)31-14-17-45-41(24-31)38-10-3-4-11-44(38)50-45/h1-24H. The summed E-state index contributed by atoms with van der Waals surface area (Å²) in [6.45, 7) is 0. The smallest absolute Gasteiger partial charge is 0.135 e. The first kappa shape index (κ1) is 28.8. The summed E-state index contributed by atoms with van der Waals surface area (Å²) in [4.78, 5) is 0. The van der Waals surface area contributed by atoms with Crippen LogP contribution < -0.4 is 0 Å². The predicted octanol–water partition coefficient (Wildman–Crippen LogP) is 11.3. The van der Waals surface area contributed by atoms with E-state index in [0.29, 0.717) is 16.7 Å². The van der Waals surface area contributed by atoms with Gasteiger partial charge >= 0.3 is 0 Å². The number of aromatic nitrogens is 1. The minimum atomic E-state index is 0.559. The lowest BCUT2D eigenvalue weighted by atomic mass is 9.93. The molecule has 0 aliphatic heterocycles. The maximum absolute atomic E-state index is 9.84. The Bertz CT molecular complexity index is 2910.